The zero-order valence-electron chi connectivity index (χ0n) is 10.7. The number of amides is 1. The van der Waals surface area contributed by atoms with Gasteiger partial charge in [-0.05, 0) is 32.1 Å². The second kappa shape index (κ2) is 7.22. The van der Waals surface area contributed by atoms with Crippen LogP contribution in [-0.2, 0) is 4.79 Å². The molecule has 2 atom stereocenters. The summed E-state index contributed by atoms with van der Waals surface area (Å²) in [5, 5.41) is 6.79. The highest BCUT2D eigenvalue weighted by Gasteiger charge is 2.33. The SMILES string of the molecule is CCCCCC(=O)NC1CC2CCC(C1)N2.Cl. The van der Waals surface area contributed by atoms with Gasteiger partial charge < -0.3 is 10.6 Å². The van der Waals surface area contributed by atoms with Crippen molar-refractivity contribution in [2.75, 3.05) is 0 Å². The maximum absolute atomic E-state index is 11.7. The number of hydrogen-bond acceptors (Lipinski definition) is 2. The number of piperidine rings is 1. The molecule has 3 nitrogen and oxygen atoms in total. The number of rotatable bonds is 5. The largest absolute Gasteiger partial charge is 0.353 e. The first-order valence-corrected chi connectivity index (χ1v) is 6.83. The predicted octanol–water partition coefficient (Wildman–Crippen LogP) is 2.39. The molecule has 2 fully saturated rings. The van der Waals surface area contributed by atoms with Gasteiger partial charge in [-0.1, -0.05) is 19.8 Å². The summed E-state index contributed by atoms with van der Waals surface area (Å²) in [5.74, 6) is 0.264. The van der Waals surface area contributed by atoms with Crippen molar-refractivity contribution < 1.29 is 4.79 Å². The number of fused-ring (bicyclic) bond motifs is 2. The zero-order valence-corrected chi connectivity index (χ0v) is 11.5. The van der Waals surface area contributed by atoms with Crippen molar-refractivity contribution in [2.45, 2.75) is 76.4 Å². The van der Waals surface area contributed by atoms with E-state index in [1.54, 1.807) is 0 Å². The van der Waals surface area contributed by atoms with Crippen LogP contribution in [0.3, 0.4) is 0 Å². The highest BCUT2D eigenvalue weighted by atomic mass is 35.5. The van der Waals surface area contributed by atoms with Crippen molar-refractivity contribution in [1.29, 1.82) is 0 Å². The standard InChI is InChI=1S/C13H24N2O.ClH/c1-2-3-4-5-13(16)15-12-8-10-6-7-11(9-12)14-10;/h10-12,14H,2-9H2,1H3,(H,15,16);1H. The van der Waals surface area contributed by atoms with Crippen molar-refractivity contribution in [3.05, 3.63) is 0 Å². The second-order valence-corrected chi connectivity index (χ2v) is 5.33. The molecule has 2 aliphatic rings. The minimum absolute atomic E-state index is 0. The van der Waals surface area contributed by atoms with E-state index in [9.17, 15) is 4.79 Å². The van der Waals surface area contributed by atoms with E-state index >= 15 is 0 Å². The highest BCUT2D eigenvalue weighted by Crippen LogP contribution is 2.26. The Morgan fingerprint density at radius 3 is 2.47 bits per heavy atom. The summed E-state index contributed by atoms with van der Waals surface area (Å²) < 4.78 is 0. The van der Waals surface area contributed by atoms with Gasteiger partial charge in [0, 0.05) is 24.5 Å². The third-order valence-electron chi connectivity index (χ3n) is 3.85. The van der Waals surface area contributed by atoms with Crippen LogP contribution in [0.2, 0.25) is 0 Å². The van der Waals surface area contributed by atoms with Crippen LogP contribution in [0.15, 0.2) is 0 Å². The molecule has 2 bridgehead atoms. The molecule has 4 heteroatoms. The molecule has 0 radical (unpaired) electrons. The second-order valence-electron chi connectivity index (χ2n) is 5.33. The van der Waals surface area contributed by atoms with Crippen LogP contribution in [0.4, 0.5) is 0 Å². The minimum Gasteiger partial charge on any atom is -0.353 e. The Bertz CT molecular complexity index is 236. The molecule has 2 heterocycles. The lowest BCUT2D eigenvalue weighted by Crippen LogP contribution is -2.47. The van der Waals surface area contributed by atoms with Crippen LogP contribution in [0.1, 0.15) is 58.3 Å². The minimum atomic E-state index is 0. The molecule has 1 amide bonds. The summed E-state index contributed by atoms with van der Waals surface area (Å²) in [5.41, 5.74) is 0. The molecule has 0 saturated carbocycles. The molecule has 0 aromatic rings. The lowest BCUT2D eigenvalue weighted by atomic mass is 9.99. The predicted molar refractivity (Wildman–Crippen MR) is 72.5 cm³/mol. The van der Waals surface area contributed by atoms with Gasteiger partial charge in [0.05, 0.1) is 0 Å². The topological polar surface area (TPSA) is 41.1 Å². The van der Waals surface area contributed by atoms with Crippen LogP contribution in [0.5, 0.6) is 0 Å². The number of carbonyl (C=O) groups is 1. The van der Waals surface area contributed by atoms with E-state index in [-0.39, 0.29) is 18.3 Å². The molecular weight excluding hydrogens is 236 g/mol. The van der Waals surface area contributed by atoms with E-state index in [0.29, 0.717) is 24.5 Å². The molecule has 2 aliphatic heterocycles. The molecule has 0 spiro atoms. The molecular formula is C13H25ClN2O. The van der Waals surface area contributed by atoms with Gasteiger partial charge in [0.25, 0.3) is 0 Å². The normalized spacial score (nSPS) is 30.8. The van der Waals surface area contributed by atoms with Gasteiger partial charge in [0.1, 0.15) is 0 Å². The summed E-state index contributed by atoms with van der Waals surface area (Å²) >= 11 is 0. The van der Waals surface area contributed by atoms with Crippen LogP contribution in [0.25, 0.3) is 0 Å². The molecule has 0 aliphatic carbocycles. The summed E-state index contributed by atoms with van der Waals surface area (Å²) in [7, 11) is 0. The van der Waals surface area contributed by atoms with E-state index < -0.39 is 0 Å². The van der Waals surface area contributed by atoms with Crippen molar-refractivity contribution in [1.82, 2.24) is 10.6 Å². The molecule has 0 aromatic heterocycles. The molecule has 17 heavy (non-hydrogen) atoms. The molecule has 2 rings (SSSR count). The highest BCUT2D eigenvalue weighted by molar-refractivity contribution is 5.85. The van der Waals surface area contributed by atoms with Crippen molar-refractivity contribution in [3.63, 3.8) is 0 Å². The molecule has 2 N–H and O–H groups in total. The van der Waals surface area contributed by atoms with Gasteiger partial charge in [-0.25, -0.2) is 0 Å². The number of nitrogens with one attached hydrogen (secondary N) is 2. The molecule has 100 valence electrons. The maximum atomic E-state index is 11.7. The third-order valence-corrected chi connectivity index (χ3v) is 3.85. The molecule has 0 aromatic carbocycles. The Morgan fingerprint density at radius 2 is 1.88 bits per heavy atom. The van der Waals surface area contributed by atoms with Crippen molar-refractivity contribution in [3.8, 4) is 0 Å². The molecule has 2 saturated heterocycles. The van der Waals surface area contributed by atoms with Crippen LogP contribution in [0, 0.1) is 0 Å². The fourth-order valence-corrected chi connectivity index (χ4v) is 3.01. The van der Waals surface area contributed by atoms with Gasteiger partial charge in [-0.3, -0.25) is 4.79 Å². The number of hydrogen-bond donors (Lipinski definition) is 2. The fraction of sp³-hybridized carbons (Fsp3) is 0.923. The summed E-state index contributed by atoms with van der Waals surface area (Å²) in [4.78, 5) is 11.7. The van der Waals surface area contributed by atoms with Gasteiger partial charge >= 0.3 is 0 Å². The quantitative estimate of drug-likeness (QED) is 0.746. The van der Waals surface area contributed by atoms with E-state index in [2.05, 4.69) is 17.6 Å². The monoisotopic (exact) mass is 260 g/mol. The Kier molecular flexibility index (Phi) is 6.28. The fourth-order valence-electron chi connectivity index (χ4n) is 3.01. The average Bonchev–Trinajstić information content (AvgIpc) is 2.58. The van der Waals surface area contributed by atoms with Gasteiger partial charge in [-0.15, -0.1) is 12.4 Å². The number of carbonyl (C=O) groups excluding carboxylic acids is 1. The third kappa shape index (κ3) is 4.47. The van der Waals surface area contributed by atoms with E-state index in [1.165, 1.54) is 25.7 Å². The molecule has 2 unspecified atom stereocenters. The number of halogens is 1. The summed E-state index contributed by atoms with van der Waals surface area (Å²) in [6.45, 7) is 2.17. The van der Waals surface area contributed by atoms with Crippen molar-refractivity contribution in [2.24, 2.45) is 0 Å². The van der Waals surface area contributed by atoms with Crippen LogP contribution >= 0.6 is 12.4 Å². The van der Waals surface area contributed by atoms with Gasteiger partial charge in [0.15, 0.2) is 0 Å². The van der Waals surface area contributed by atoms with Gasteiger partial charge in [-0.2, -0.15) is 0 Å². The summed E-state index contributed by atoms with van der Waals surface area (Å²) in [6.07, 6.45) is 8.98. The first-order chi connectivity index (χ1) is 7.78. The Balaban J connectivity index is 0.00000144. The van der Waals surface area contributed by atoms with Gasteiger partial charge in [0.2, 0.25) is 5.91 Å². The number of unbranched alkanes of at least 4 members (excludes halogenated alkanes) is 2. The van der Waals surface area contributed by atoms with Crippen molar-refractivity contribution >= 4 is 18.3 Å². The van der Waals surface area contributed by atoms with Crippen LogP contribution in [-0.4, -0.2) is 24.0 Å². The zero-order chi connectivity index (χ0) is 11.4. The first-order valence-electron chi connectivity index (χ1n) is 6.83. The van der Waals surface area contributed by atoms with Crippen LogP contribution < -0.4 is 10.6 Å². The maximum Gasteiger partial charge on any atom is 0.220 e. The van der Waals surface area contributed by atoms with E-state index in [1.807, 2.05) is 0 Å². The Hall–Kier alpha value is -0.280. The smallest absolute Gasteiger partial charge is 0.220 e. The van der Waals surface area contributed by atoms with E-state index in [4.69, 9.17) is 0 Å². The Labute approximate surface area is 111 Å². The lowest BCUT2D eigenvalue weighted by Gasteiger charge is -2.29. The Morgan fingerprint density at radius 1 is 1.24 bits per heavy atom. The first kappa shape index (κ1) is 14.8. The van der Waals surface area contributed by atoms with E-state index in [0.717, 1.165) is 19.3 Å². The lowest BCUT2D eigenvalue weighted by molar-refractivity contribution is -0.122. The summed E-state index contributed by atoms with van der Waals surface area (Å²) in [6, 6.07) is 1.77. The average molecular weight is 261 g/mol.